The summed E-state index contributed by atoms with van der Waals surface area (Å²) >= 11 is 1.22. The minimum absolute atomic E-state index is 0.187. The van der Waals surface area contributed by atoms with E-state index in [0.717, 1.165) is 37.9 Å². The highest BCUT2D eigenvalue weighted by atomic mass is 32.2. The van der Waals surface area contributed by atoms with Crippen molar-refractivity contribution < 1.29 is 13.2 Å². The Morgan fingerprint density at radius 1 is 1.32 bits per heavy atom. The number of aromatic nitrogens is 2. The van der Waals surface area contributed by atoms with Crippen molar-refractivity contribution in [3.05, 3.63) is 35.0 Å². The molecule has 1 fully saturated rings. The lowest BCUT2D eigenvalue weighted by Crippen LogP contribution is -2.49. The van der Waals surface area contributed by atoms with Crippen LogP contribution in [0, 0.1) is 0 Å². The SMILES string of the molecule is O=C(N[C@@H]1CCCN(S(=O)(=O)c2cccs2)C1)c1cc2n(n1)CCC2. The van der Waals surface area contributed by atoms with Crippen molar-refractivity contribution in [2.45, 2.75) is 42.5 Å². The maximum atomic E-state index is 12.7. The molecule has 0 bridgehead atoms. The Morgan fingerprint density at radius 3 is 2.96 bits per heavy atom. The van der Waals surface area contributed by atoms with Crippen molar-refractivity contribution >= 4 is 27.3 Å². The molecule has 0 unspecified atom stereocenters. The molecule has 2 aromatic heterocycles. The van der Waals surface area contributed by atoms with Gasteiger partial charge < -0.3 is 5.32 Å². The zero-order valence-corrected chi connectivity index (χ0v) is 15.4. The zero-order valence-electron chi connectivity index (χ0n) is 13.7. The van der Waals surface area contributed by atoms with E-state index in [4.69, 9.17) is 0 Å². The van der Waals surface area contributed by atoms with Crippen LogP contribution < -0.4 is 5.32 Å². The van der Waals surface area contributed by atoms with E-state index in [9.17, 15) is 13.2 Å². The Balaban J connectivity index is 1.43. The van der Waals surface area contributed by atoms with Crippen LogP contribution >= 0.6 is 11.3 Å². The highest BCUT2D eigenvalue weighted by molar-refractivity contribution is 7.91. The van der Waals surface area contributed by atoms with Crippen molar-refractivity contribution in [3.63, 3.8) is 0 Å². The molecule has 2 aromatic rings. The van der Waals surface area contributed by atoms with E-state index in [1.807, 2.05) is 10.7 Å². The van der Waals surface area contributed by atoms with Crippen LogP contribution in [0.2, 0.25) is 0 Å². The first-order valence-electron chi connectivity index (χ1n) is 8.45. The highest BCUT2D eigenvalue weighted by Crippen LogP contribution is 2.24. The zero-order chi connectivity index (χ0) is 17.4. The van der Waals surface area contributed by atoms with Gasteiger partial charge in [-0.3, -0.25) is 9.48 Å². The van der Waals surface area contributed by atoms with E-state index >= 15 is 0 Å². The summed E-state index contributed by atoms with van der Waals surface area (Å²) in [7, 11) is -3.47. The van der Waals surface area contributed by atoms with Gasteiger partial charge in [-0.2, -0.15) is 9.40 Å². The van der Waals surface area contributed by atoms with Gasteiger partial charge in [-0.25, -0.2) is 8.42 Å². The van der Waals surface area contributed by atoms with Crippen molar-refractivity contribution in [3.8, 4) is 0 Å². The fourth-order valence-electron chi connectivity index (χ4n) is 3.45. The minimum atomic E-state index is -3.47. The Kier molecular flexibility index (Phi) is 4.38. The first-order valence-corrected chi connectivity index (χ1v) is 10.8. The first kappa shape index (κ1) is 16.7. The van der Waals surface area contributed by atoms with Crippen LogP contribution in [0.1, 0.15) is 35.4 Å². The number of rotatable bonds is 4. The average molecular weight is 380 g/mol. The number of aryl methyl sites for hydroxylation is 2. The second-order valence-corrected chi connectivity index (χ2v) is 9.57. The summed E-state index contributed by atoms with van der Waals surface area (Å²) < 4.78 is 29.0. The van der Waals surface area contributed by atoms with E-state index in [2.05, 4.69) is 10.4 Å². The number of carbonyl (C=O) groups is 1. The Labute approximate surface area is 150 Å². The van der Waals surface area contributed by atoms with E-state index in [0.29, 0.717) is 23.0 Å². The van der Waals surface area contributed by atoms with Gasteiger partial charge in [0.05, 0.1) is 0 Å². The van der Waals surface area contributed by atoms with Crippen molar-refractivity contribution in [1.29, 1.82) is 0 Å². The standard InChI is InChI=1S/C16H20N4O3S2/c21-16(14-10-13-5-2-8-20(13)18-14)17-12-4-1-7-19(11-12)25(22,23)15-6-3-9-24-15/h3,6,9-10,12H,1-2,4-5,7-8,11H2,(H,17,21)/t12-/m1/s1. The molecule has 1 amide bonds. The average Bonchev–Trinajstić information content (AvgIpc) is 3.32. The topological polar surface area (TPSA) is 84.3 Å². The molecule has 2 aliphatic heterocycles. The van der Waals surface area contributed by atoms with Crippen molar-refractivity contribution in [2.75, 3.05) is 13.1 Å². The molecular weight excluding hydrogens is 360 g/mol. The van der Waals surface area contributed by atoms with Gasteiger partial charge in [0.15, 0.2) is 0 Å². The predicted octanol–water partition coefficient (Wildman–Crippen LogP) is 1.47. The van der Waals surface area contributed by atoms with Crippen molar-refractivity contribution in [1.82, 2.24) is 19.4 Å². The molecule has 134 valence electrons. The second-order valence-electron chi connectivity index (χ2n) is 6.46. The molecule has 0 saturated carbocycles. The molecule has 1 saturated heterocycles. The van der Waals surface area contributed by atoms with Gasteiger partial charge in [-0.05, 0) is 43.2 Å². The van der Waals surface area contributed by atoms with E-state index in [1.165, 1.54) is 15.6 Å². The number of piperidine rings is 1. The first-order chi connectivity index (χ1) is 12.0. The fraction of sp³-hybridized carbons (Fsp3) is 0.500. The number of hydrogen-bond acceptors (Lipinski definition) is 5. The van der Waals surface area contributed by atoms with Gasteiger partial charge in [0.2, 0.25) is 0 Å². The second kappa shape index (κ2) is 6.54. The van der Waals surface area contributed by atoms with Gasteiger partial charge in [0, 0.05) is 31.4 Å². The number of carbonyl (C=O) groups excluding carboxylic acids is 1. The number of nitrogens with one attached hydrogen (secondary N) is 1. The molecule has 1 N–H and O–H groups in total. The molecule has 25 heavy (non-hydrogen) atoms. The van der Waals surface area contributed by atoms with Crippen molar-refractivity contribution in [2.24, 2.45) is 0 Å². The number of fused-ring (bicyclic) bond motifs is 1. The molecule has 0 aliphatic carbocycles. The summed E-state index contributed by atoms with van der Waals surface area (Å²) in [5, 5.41) is 9.05. The Morgan fingerprint density at radius 2 is 2.20 bits per heavy atom. The molecule has 2 aliphatic rings. The van der Waals surface area contributed by atoms with Crippen LogP contribution in [0.5, 0.6) is 0 Å². The van der Waals surface area contributed by atoms with Gasteiger partial charge >= 0.3 is 0 Å². The lowest BCUT2D eigenvalue weighted by Gasteiger charge is -2.31. The smallest absolute Gasteiger partial charge is 0.272 e. The molecule has 7 nitrogen and oxygen atoms in total. The summed E-state index contributed by atoms with van der Waals surface area (Å²) in [5.74, 6) is -0.220. The molecule has 0 spiro atoms. The molecule has 4 rings (SSSR count). The minimum Gasteiger partial charge on any atom is -0.347 e. The largest absolute Gasteiger partial charge is 0.347 e. The monoisotopic (exact) mass is 380 g/mol. The molecule has 9 heteroatoms. The number of nitrogens with zero attached hydrogens (tertiary/aromatic N) is 3. The Hall–Kier alpha value is -1.71. The third-order valence-corrected chi connectivity index (χ3v) is 7.95. The van der Waals surface area contributed by atoms with Crippen LogP contribution in [0.3, 0.4) is 0 Å². The third-order valence-electron chi connectivity index (χ3n) is 4.71. The third kappa shape index (κ3) is 3.23. The summed E-state index contributed by atoms with van der Waals surface area (Å²) in [6, 6.07) is 5.01. The number of hydrogen-bond donors (Lipinski definition) is 1. The lowest BCUT2D eigenvalue weighted by molar-refractivity contribution is 0.0915. The summed E-state index contributed by atoms with van der Waals surface area (Å²) in [4.78, 5) is 12.5. The maximum Gasteiger partial charge on any atom is 0.272 e. The van der Waals surface area contributed by atoms with Crippen LogP contribution in [-0.4, -0.2) is 47.5 Å². The van der Waals surface area contributed by atoms with Gasteiger partial charge in [0.1, 0.15) is 9.90 Å². The Bertz CT molecular complexity index is 852. The number of thiophene rings is 1. The van der Waals surface area contributed by atoms with E-state index in [-0.39, 0.29) is 11.9 Å². The molecular formula is C16H20N4O3S2. The normalized spacial score (nSPS) is 21.2. The summed E-state index contributed by atoms with van der Waals surface area (Å²) in [6.45, 7) is 1.66. The van der Waals surface area contributed by atoms with Gasteiger partial charge in [-0.15, -0.1) is 11.3 Å². The fourth-order valence-corrected chi connectivity index (χ4v) is 6.11. The van der Waals surface area contributed by atoms with E-state index in [1.54, 1.807) is 17.5 Å². The summed E-state index contributed by atoms with van der Waals surface area (Å²) in [6.07, 6.45) is 3.53. The van der Waals surface area contributed by atoms with Crippen LogP contribution in [0.4, 0.5) is 0 Å². The quantitative estimate of drug-likeness (QED) is 0.871. The van der Waals surface area contributed by atoms with Gasteiger partial charge in [-0.1, -0.05) is 6.07 Å². The number of sulfonamides is 1. The van der Waals surface area contributed by atoms with Crippen LogP contribution in [0.15, 0.2) is 27.8 Å². The van der Waals surface area contributed by atoms with E-state index < -0.39 is 10.0 Å². The molecule has 1 atom stereocenters. The van der Waals surface area contributed by atoms with Gasteiger partial charge in [0.25, 0.3) is 15.9 Å². The number of amides is 1. The van der Waals surface area contributed by atoms with Crippen LogP contribution in [-0.2, 0) is 23.0 Å². The lowest BCUT2D eigenvalue weighted by atomic mass is 10.1. The highest BCUT2D eigenvalue weighted by Gasteiger charge is 2.32. The molecule has 4 heterocycles. The molecule has 0 aromatic carbocycles. The maximum absolute atomic E-state index is 12.7. The summed E-state index contributed by atoms with van der Waals surface area (Å²) in [5.41, 5.74) is 1.52. The predicted molar refractivity (Wildman–Crippen MR) is 94.1 cm³/mol. The molecule has 0 radical (unpaired) electrons. The van der Waals surface area contributed by atoms with Crippen LogP contribution in [0.25, 0.3) is 0 Å².